The minimum absolute atomic E-state index is 0.0482. The van der Waals surface area contributed by atoms with Crippen LogP contribution in [0.25, 0.3) is 11.0 Å². The highest BCUT2D eigenvalue weighted by Crippen LogP contribution is 2.33. The highest BCUT2D eigenvalue weighted by Gasteiger charge is 2.36. The molecule has 0 saturated carbocycles. The predicted molar refractivity (Wildman–Crippen MR) is 126 cm³/mol. The van der Waals surface area contributed by atoms with E-state index in [1.54, 1.807) is 33.4 Å². The Morgan fingerprint density at radius 2 is 1.77 bits per heavy atom. The van der Waals surface area contributed by atoms with Gasteiger partial charge in [-0.05, 0) is 43.3 Å². The van der Waals surface area contributed by atoms with Crippen molar-refractivity contribution in [3.63, 3.8) is 0 Å². The van der Waals surface area contributed by atoms with Crippen molar-refractivity contribution in [1.29, 1.82) is 0 Å². The van der Waals surface area contributed by atoms with Crippen LogP contribution >= 0.6 is 0 Å². The summed E-state index contributed by atoms with van der Waals surface area (Å²) < 4.78 is 19.4. The largest absolute Gasteiger partial charge is 0.467 e. The number of rotatable bonds is 8. The summed E-state index contributed by atoms with van der Waals surface area (Å²) in [5, 5.41) is 5.67. The lowest BCUT2D eigenvalue weighted by atomic mass is 10.1. The third kappa shape index (κ3) is 4.30. The summed E-state index contributed by atoms with van der Waals surface area (Å²) in [5.74, 6) is 0.0656. The summed E-state index contributed by atoms with van der Waals surface area (Å²) >= 11 is 0. The number of imidazole rings is 1. The Balaban J connectivity index is 1.24. The molecule has 1 aliphatic rings. The number of aromatic nitrogens is 2. The van der Waals surface area contributed by atoms with Crippen LogP contribution in [-0.4, -0.2) is 38.3 Å². The van der Waals surface area contributed by atoms with E-state index in [1.807, 2.05) is 31.2 Å². The van der Waals surface area contributed by atoms with E-state index in [0.717, 1.165) is 11.0 Å². The summed E-state index contributed by atoms with van der Waals surface area (Å²) in [6, 6.07) is 14.0. The Morgan fingerprint density at radius 1 is 1.03 bits per heavy atom. The first-order chi connectivity index (χ1) is 17.1. The molecule has 0 spiro atoms. The Kier molecular flexibility index (Phi) is 6.09. The van der Waals surface area contributed by atoms with Gasteiger partial charge in [0, 0.05) is 19.5 Å². The minimum atomic E-state index is -0.581. The molecule has 0 N–H and O–H groups in total. The number of nitrogens with zero attached hydrogens (tertiary/aromatic N) is 4. The second kappa shape index (κ2) is 9.49. The average Bonchev–Trinajstić information content (AvgIpc) is 3.66. The van der Waals surface area contributed by atoms with Crippen molar-refractivity contribution in [3.05, 3.63) is 83.1 Å². The van der Waals surface area contributed by atoms with Crippen molar-refractivity contribution in [2.24, 2.45) is 5.10 Å². The molecule has 0 saturated heterocycles. The summed E-state index contributed by atoms with van der Waals surface area (Å²) in [7, 11) is 0. The second-order valence-corrected chi connectivity index (χ2v) is 8.08. The molecule has 4 aromatic rings. The number of esters is 1. The molecule has 0 radical (unpaired) electrons. The first-order valence-electron chi connectivity index (χ1n) is 11.4. The number of hydrogen-bond acceptors (Lipinski definition) is 7. The number of fused-ring (bicyclic) bond motifs is 1. The molecule has 10 heteroatoms. The van der Waals surface area contributed by atoms with Gasteiger partial charge in [-0.25, -0.2) is 9.80 Å². The van der Waals surface area contributed by atoms with Gasteiger partial charge >= 0.3 is 11.7 Å². The van der Waals surface area contributed by atoms with Crippen molar-refractivity contribution in [2.45, 2.75) is 38.9 Å². The van der Waals surface area contributed by atoms with E-state index in [1.165, 1.54) is 17.5 Å². The zero-order valence-electron chi connectivity index (χ0n) is 19.1. The van der Waals surface area contributed by atoms with Crippen LogP contribution in [0.1, 0.15) is 37.3 Å². The minimum Gasteiger partial charge on any atom is -0.467 e. The van der Waals surface area contributed by atoms with Crippen LogP contribution in [0.5, 0.6) is 0 Å². The number of para-hydroxylation sites is 2. The van der Waals surface area contributed by atoms with Crippen molar-refractivity contribution in [3.8, 4) is 0 Å². The number of aryl methyl sites for hydroxylation is 2. The maximum atomic E-state index is 12.9. The van der Waals surface area contributed by atoms with E-state index in [0.29, 0.717) is 30.2 Å². The van der Waals surface area contributed by atoms with E-state index in [9.17, 15) is 14.4 Å². The predicted octanol–water partition coefficient (Wildman–Crippen LogP) is 3.32. The summed E-state index contributed by atoms with van der Waals surface area (Å²) in [6.45, 7) is 2.10. The number of benzene rings is 1. The summed E-state index contributed by atoms with van der Waals surface area (Å²) in [4.78, 5) is 38.1. The van der Waals surface area contributed by atoms with Gasteiger partial charge in [-0.15, -0.1) is 0 Å². The Morgan fingerprint density at radius 3 is 2.46 bits per heavy atom. The maximum absolute atomic E-state index is 12.9. The third-order valence-corrected chi connectivity index (χ3v) is 5.98. The molecule has 0 aliphatic carbocycles. The van der Waals surface area contributed by atoms with Gasteiger partial charge in [-0.3, -0.25) is 18.7 Å². The lowest BCUT2D eigenvalue weighted by Gasteiger charge is -2.19. The van der Waals surface area contributed by atoms with E-state index in [2.05, 4.69) is 5.10 Å². The van der Waals surface area contributed by atoms with E-state index < -0.39 is 24.5 Å². The molecule has 180 valence electrons. The molecule has 1 atom stereocenters. The van der Waals surface area contributed by atoms with E-state index in [-0.39, 0.29) is 18.7 Å². The van der Waals surface area contributed by atoms with Crippen LogP contribution in [-0.2, 0) is 27.4 Å². The molecule has 4 heterocycles. The summed E-state index contributed by atoms with van der Waals surface area (Å²) in [6.07, 6.45) is 3.42. The zero-order chi connectivity index (χ0) is 24.4. The molecule has 1 amide bonds. The number of ether oxygens (including phenoxy) is 1. The van der Waals surface area contributed by atoms with Crippen LogP contribution in [0.15, 0.2) is 79.8 Å². The zero-order valence-corrected chi connectivity index (χ0v) is 19.1. The monoisotopic (exact) mass is 476 g/mol. The highest BCUT2D eigenvalue weighted by atomic mass is 16.5. The molecule has 5 rings (SSSR count). The van der Waals surface area contributed by atoms with Gasteiger partial charge < -0.3 is 13.6 Å². The fourth-order valence-corrected chi connectivity index (χ4v) is 4.31. The number of hydrogen-bond donors (Lipinski definition) is 0. The van der Waals surface area contributed by atoms with Gasteiger partial charge in [-0.1, -0.05) is 12.1 Å². The SMILES string of the molecule is CCn1c(=O)n(CCC(=O)OCC(=O)N2N=C(c3ccco3)CC2c2ccco2)c2ccccc21. The molecule has 1 unspecified atom stereocenters. The van der Waals surface area contributed by atoms with Crippen LogP contribution in [0.3, 0.4) is 0 Å². The van der Waals surface area contributed by atoms with Crippen molar-refractivity contribution in [1.82, 2.24) is 14.1 Å². The molecule has 1 aromatic carbocycles. The van der Waals surface area contributed by atoms with Gasteiger partial charge in [-0.2, -0.15) is 5.10 Å². The lowest BCUT2D eigenvalue weighted by molar-refractivity contribution is -0.153. The van der Waals surface area contributed by atoms with Gasteiger partial charge in [0.05, 0.1) is 30.0 Å². The molecule has 3 aromatic heterocycles. The number of carbonyl (C=O) groups excluding carboxylic acids is 2. The average molecular weight is 476 g/mol. The maximum Gasteiger partial charge on any atom is 0.329 e. The van der Waals surface area contributed by atoms with E-state index in [4.69, 9.17) is 13.6 Å². The first kappa shape index (κ1) is 22.5. The quantitative estimate of drug-likeness (QED) is 0.361. The van der Waals surface area contributed by atoms with Gasteiger partial charge in [0.25, 0.3) is 5.91 Å². The highest BCUT2D eigenvalue weighted by molar-refractivity contribution is 6.01. The fourth-order valence-electron chi connectivity index (χ4n) is 4.31. The summed E-state index contributed by atoms with van der Waals surface area (Å²) in [5.41, 5.74) is 1.98. The number of furan rings is 2. The van der Waals surface area contributed by atoms with Gasteiger partial charge in [0.2, 0.25) is 0 Å². The first-order valence-corrected chi connectivity index (χ1v) is 11.4. The molecule has 1 aliphatic heterocycles. The van der Waals surface area contributed by atoms with Crippen LogP contribution < -0.4 is 5.69 Å². The van der Waals surface area contributed by atoms with Crippen LogP contribution in [0.2, 0.25) is 0 Å². The van der Waals surface area contributed by atoms with E-state index >= 15 is 0 Å². The second-order valence-electron chi connectivity index (χ2n) is 8.08. The Bertz CT molecular complexity index is 1430. The number of hydrazone groups is 1. The normalized spacial score (nSPS) is 15.5. The molecule has 0 bridgehead atoms. The van der Waals surface area contributed by atoms with Crippen molar-refractivity contribution in [2.75, 3.05) is 6.61 Å². The lowest BCUT2D eigenvalue weighted by Crippen LogP contribution is -2.31. The van der Waals surface area contributed by atoms with Crippen LogP contribution in [0, 0.1) is 0 Å². The smallest absolute Gasteiger partial charge is 0.329 e. The van der Waals surface area contributed by atoms with Gasteiger partial charge in [0.15, 0.2) is 6.61 Å². The molecule has 10 nitrogen and oxygen atoms in total. The molecular formula is C25H24N4O6. The van der Waals surface area contributed by atoms with Gasteiger partial charge in [0.1, 0.15) is 23.3 Å². The van der Waals surface area contributed by atoms with Crippen LogP contribution in [0.4, 0.5) is 0 Å². The fraction of sp³-hybridized carbons (Fsp3) is 0.280. The topological polar surface area (TPSA) is 112 Å². The number of amides is 1. The molecule has 35 heavy (non-hydrogen) atoms. The van der Waals surface area contributed by atoms with Crippen molar-refractivity contribution < 1.29 is 23.2 Å². The molecular weight excluding hydrogens is 452 g/mol. The number of carbonyl (C=O) groups is 2. The molecule has 0 fully saturated rings. The Labute approximate surface area is 200 Å². The third-order valence-electron chi connectivity index (χ3n) is 5.98. The van der Waals surface area contributed by atoms with Crippen molar-refractivity contribution >= 4 is 28.6 Å². The standard InChI is InChI=1S/C25H24N4O6/c1-2-27-18-7-3-4-8-19(18)28(25(27)32)12-11-24(31)35-16-23(30)29-20(22-10-6-14-34-22)15-17(26-29)21-9-5-13-33-21/h3-10,13-14,20H,2,11-12,15-16H2,1H3. The Hall–Kier alpha value is -4.34.